The van der Waals surface area contributed by atoms with E-state index in [9.17, 15) is 5.11 Å². The van der Waals surface area contributed by atoms with E-state index in [4.69, 9.17) is 4.74 Å². The summed E-state index contributed by atoms with van der Waals surface area (Å²) in [5, 5.41) is 14.0. The van der Waals surface area contributed by atoms with Gasteiger partial charge in [-0.25, -0.2) is 0 Å². The number of piperazine rings is 1. The van der Waals surface area contributed by atoms with Gasteiger partial charge in [0.1, 0.15) is 0 Å². The van der Waals surface area contributed by atoms with Gasteiger partial charge in [0, 0.05) is 42.3 Å². The number of hydrogen-bond donors (Lipinski definition) is 2. The summed E-state index contributed by atoms with van der Waals surface area (Å²) in [6.45, 7) is 4.09. The molecule has 7 heteroatoms. The molecule has 1 aliphatic heterocycles. The third-order valence-electron chi connectivity index (χ3n) is 4.53. The molecule has 3 rings (SSSR count). The maximum atomic E-state index is 10.6. The van der Waals surface area contributed by atoms with Crippen LogP contribution in [0.4, 0.5) is 0 Å². The maximum Gasteiger partial charge on any atom is 0.163 e. The van der Waals surface area contributed by atoms with Crippen molar-refractivity contribution < 1.29 is 9.84 Å². The summed E-state index contributed by atoms with van der Waals surface area (Å²) in [6, 6.07) is 4.06. The molecule has 0 bridgehead atoms. The van der Waals surface area contributed by atoms with Crippen molar-refractivity contribution in [2.75, 3.05) is 33.3 Å². The monoisotopic (exact) mass is 426 g/mol. The number of nitrogens with one attached hydrogen (secondary N) is 1. The molecule has 2 N–H and O–H groups in total. The Kier molecular flexibility index (Phi) is 8.45. The van der Waals surface area contributed by atoms with Crippen LogP contribution in [0.1, 0.15) is 30.9 Å². The van der Waals surface area contributed by atoms with Gasteiger partial charge in [-0.1, -0.05) is 28.8 Å². The molecule has 1 aliphatic carbocycles. The second-order valence-electron chi connectivity index (χ2n) is 5.99. The van der Waals surface area contributed by atoms with Crippen molar-refractivity contribution in [3.63, 3.8) is 0 Å². The molecular formula is C16H25BrCl2N2O2. The van der Waals surface area contributed by atoms with Crippen LogP contribution in [0.3, 0.4) is 0 Å². The van der Waals surface area contributed by atoms with Crippen LogP contribution in [0.5, 0.6) is 11.5 Å². The van der Waals surface area contributed by atoms with Crippen molar-refractivity contribution in [1.29, 1.82) is 0 Å². The highest BCUT2D eigenvalue weighted by Crippen LogP contribution is 2.47. The zero-order valence-corrected chi connectivity index (χ0v) is 16.5. The lowest BCUT2D eigenvalue weighted by molar-refractivity contribution is 0.157. The standard InChI is InChI=1S/C16H23BrN2O2.2ClH/c1-21-14-5-4-12(17)15(16(14)20)13(10-11-2-3-11)19-8-6-18-7-9-19;;/h4-5,11,13,18,20H,2-3,6-10H2,1H3;2*1H/t13-;;/m1../s1. The van der Waals surface area contributed by atoms with Crippen LogP contribution >= 0.6 is 40.7 Å². The second-order valence-corrected chi connectivity index (χ2v) is 6.85. The Morgan fingerprint density at radius 3 is 2.52 bits per heavy atom. The Balaban J connectivity index is 0.00000132. The minimum atomic E-state index is 0. The van der Waals surface area contributed by atoms with E-state index in [-0.39, 0.29) is 36.6 Å². The van der Waals surface area contributed by atoms with Crippen molar-refractivity contribution in [2.45, 2.75) is 25.3 Å². The SMILES string of the molecule is COc1ccc(Br)c([C@@H](CC2CC2)N2CCNCC2)c1O.Cl.Cl. The molecule has 1 aromatic carbocycles. The summed E-state index contributed by atoms with van der Waals surface area (Å²) in [7, 11) is 1.60. The second kappa shape index (κ2) is 9.33. The van der Waals surface area contributed by atoms with E-state index in [0.717, 1.165) is 48.6 Å². The summed E-state index contributed by atoms with van der Waals surface area (Å²) in [6.07, 6.45) is 3.77. The number of aromatic hydroxyl groups is 1. The molecule has 0 unspecified atom stereocenters. The first-order valence-corrected chi connectivity index (χ1v) is 8.50. The number of phenolic OH excluding ortho intramolecular Hbond substituents is 1. The summed E-state index contributed by atoms with van der Waals surface area (Å²) < 4.78 is 6.27. The molecule has 0 aromatic heterocycles. The zero-order valence-electron chi connectivity index (χ0n) is 13.3. The van der Waals surface area contributed by atoms with Crippen molar-refractivity contribution in [2.24, 2.45) is 5.92 Å². The molecule has 0 spiro atoms. The minimum Gasteiger partial charge on any atom is -0.504 e. The van der Waals surface area contributed by atoms with Crippen LogP contribution in [-0.4, -0.2) is 43.3 Å². The van der Waals surface area contributed by atoms with Crippen molar-refractivity contribution in [3.05, 3.63) is 22.2 Å². The Bertz CT molecular complexity index is 509. The molecule has 1 saturated carbocycles. The lowest BCUT2D eigenvalue weighted by Gasteiger charge is -2.36. The van der Waals surface area contributed by atoms with Gasteiger partial charge in [0.05, 0.1) is 7.11 Å². The van der Waals surface area contributed by atoms with Crippen LogP contribution in [-0.2, 0) is 0 Å². The molecule has 1 aromatic rings. The summed E-state index contributed by atoms with van der Waals surface area (Å²) in [5.74, 6) is 1.66. The van der Waals surface area contributed by atoms with E-state index in [1.807, 2.05) is 12.1 Å². The van der Waals surface area contributed by atoms with Gasteiger partial charge in [-0.3, -0.25) is 4.90 Å². The molecule has 2 aliphatic rings. The normalized spacial score (nSPS) is 19.4. The number of benzene rings is 1. The van der Waals surface area contributed by atoms with Crippen molar-refractivity contribution in [3.8, 4) is 11.5 Å². The average Bonchev–Trinajstić information content (AvgIpc) is 3.31. The molecule has 4 nitrogen and oxygen atoms in total. The van der Waals surface area contributed by atoms with Crippen LogP contribution < -0.4 is 10.1 Å². The van der Waals surface area contributed by atoms with E-state index in [0.29, 0.717) is 5.75 Å². The van der Waals surface area contributed by atoms with Gasteiger partial charge >= 0.3 is 0 Å². The molecule has 0 amide bonds. The van der Waals surface area contributed by atoms with Crippen molar-refractivity contribution >= 4 is 40.7 Å². The largest absolute Gasteiger partial charge is 0.504 e. The molecule has 23 heavy (non-hydrogen) atoms. The molecule has 1 saturated heterocycles. The van der Waals surface area contributed by atoms with Gasteiger partial charge in [0.2, 0.25) is 0 Å². The van der Waals surface area contributed by atoms with Gasteiger partial charge in [0.15, 0.2) is 11.5 Å². The third kappa shape index (κ3) is 4.89. The van der Waals surface area contributed by atoms with Crippen LogP contribution in [0, 0.1) is 5.92 Å². The summed E-state index contributed by atoms with van der Waals surface area (Å²) >= 11 is 3.63. The number of methoxy groups -OCH3 is 1. The smallest absolute Gasteiger partial charge is 0.163 e. The van der Waals surface area contributed by atoms with Gasteiger partial charge < -0.3 is 15.2 Å². The first kappa shape index (κ1) is 20.8. The van der Waals surface area contributed by atoms with E-state index in [1.165, 1.54) is 12.8 Å². The van der Waals surface area contributed by atoms with Gasteiger partial charge in [0.25, 0.3) is 0 Å². The minimum absolute atomic E-state index is 0. The average molecular weight is 428 g/mol. The number of phenols is 1. The summed E-state index contributed by atoms with van der Waals surface area (Å²) in [5.41, 5.74) is 0.989. The van der Waals surface area contributed by atoms with Crippen LogP contribution in [0.25, 0.3) is 0 Å². The fourth-order valence-corrected chi connectivity index (χ4v) is 3.74. The molecule has 132 valence electrons. The number of rotatable bonds is 5. The number of ether oxygens (including phenoxy) is 1. The van der Waals surface area contributed by atoms with Crippen LogP contribution in [0.15, 0.2) is 16.6 Å². The Morgan fingerprint density at radius 1 is 1.30 bits per heavy atom. The van der Waals surface area contributed by atoms with E-state index < -0.39 is 0 Å². The topological polar surface area (TPSA) is 44.7 Å². The lowest BCUT2D eigenvalue weighted by atomic mass is 9.97. The Morgan fingerprint density at radius 2 is 1.96 bits per heavy atom. The van der Waals surface area contributed by atoms with Gasteiger partial charge in [-0.05, 0) is 24.5 Å². The summed E-state index contributed by atoms with van der Waals surface area (Å²) in [4.78, 5) is 2.49. The number of nitrogens with zero attached hydrogens (tertiary/aromatic N) is 1. The lowest BCUT2D eigenvalue weighted by Crippen LogP contribution is -2.45. The third-order valence-corrected chi connectivity index (χ3v) is 5.22. The highest BCUT2D eigenvalue weighted by Gasteiger charge is 2.33. The number of halogens is 3. The van der Waals surface area contributed by atoms with Gasteiger partial charge in [-0.15, -0.1) is 24.8 Å². The highest BCUT2D eigenvalue weighted by molar-refractivity contribution is 9.10. The fourth-order valence-electron chi connectivity index (χ4n) is 3.16. The molecular weight excluding hydrogens is 403 g/mol. The molecule has 2 fully saturated rings. The maximum absolute atomic E-state index is 10.6. The van der Waals surface area contributed by atoms with E-state index in [2.05, 4.69) is 26.1 Å². The first-order valence-electron chi connectivity index (χ1n) is 7.71. The quantitative estimate of drug-likeness (QED) is 0.750. The Labute approximate surface area is 158 Å². The molecule has 1 heterocycles. The predicted molar refractivity (Wildman–Crippen MR) is 101 cm³/mol. The van der Waals surface area contributed by atoms with Gasteiger partial charge in [-0.2, -0.15) is 0 Å². The Hall–Kier alpha value is -0.200. The highest BCUT2D eigenvalue weighted by atomic mass is 79.9. The number of hydrogen-bond acceptors (Lipinski definition) is 4. The van der Waals surface area contributed by atoms with E-state index >= 15 is 0 Å². The van der Waals surface area contributed by atoms with Crippen molar-refractivity contribution in [1.82, 2.24) is 10.2 Å². The van der Waals surface area contributed by atoms with Crippen LogP contribution in [0.2, 0.25) is 0 Å². The molecule has 0 radical (unpaired) electrons. The first-order chi connectivity index (χ1) is 10.2. The van der Waals surface area contributed by atoms with E-state index in [1.54, 1.807) is 7.11 Å². The molecule has 1 atom stereocenters. The zero-order chi connectivity index (χ0) is 14.8. The predicted octanol–water partition coefficient (Wildman–Crippen LogP) is 3.75. The fraction of sp³-hybridized carbons (Fsp3) is 0.625.